The first-order valence-electron chi connectivity index (χ1n) is 7.44. The van der Waals surface area contributed by atoms with Gasteiger partial charge < -0.3 is 0 Å². The van der Waals surface area contributed by atoms with Gasteiger partial charge in [0.05, 0.1) is 11.3 Å². The summed E-state index contributed by atoms with van der Waals surface area (Å²) < 4.78 is 39.8. The number of hydrazine groups is 1. The van der Waals surface area contributed by atoms with Crippen LogP contribution in [0.5, 0.6) is 0 Å². The zero-order valence-corrected chi connectivity index (χ0v) is 14.0. The monoisotopic (exact) mass is 375 g/mol. The summed E-state index contributed by atoms with van der Waals surface area (Å²) in [4.78, 5) is 17.4. The van der Waals surface area contributed by atoms with E-state index in [1.54, 1.807) is 18.3 Å². The van der Waals surface area contributed by atoms with E-state index in [9.17, 15) is 18.0 Å². The molecule has 8 heteroatoms. The predicted molar refractivity (Wildman–Crippen MR) is 92.2 cm³/mol. The van der Waals surface area contributed by atoms with Gasteiger partial charge in [0.2, 0.25) is 0 Å². The molecule has 1 amide bonds. The largest absolute Gasteiger partial charge is 0.295 e. The average molecular weight is 375 g/mol. The van der Waals surface area contributed by atoms with E-state index in [0.29, 0.717) is 5.03 Å². The molecular formula is C18H12F3N3OS. The zero-order valence-electron chi connectivity index (χ0n) is 13.2. The molecule has 0 saturated heterocycles. The number of aromatic nitrogens is 1. The van der Waals surface area contributed by atoms with Crippen LogP contribution >= 0.6 is 11.8 Å². The van der Waals surface area contributed by atoms with Crippen molar-refractivity contribution in [3.8, 4) is 0 Å². The number of halogens is 3. The predicted octanol–water partition coefficient (Wildman–Crippen LogP) is 4.41. The Labute approximate surface area is 151 Å². The van der Waals surface area contributed by atoms with E-state index in [2.05, 4.69) is 15.8 Å². The molecule has 3 aromatic rings. The van der Waals surface area contributed by atoms with Crippen molar-refractivity contribution in [2.75, 3.05) is 5.43 Å². The number of nitrogens with one attached hydrogen (secondary N) is 2. The molecular weight excluding hydrogens is 363 g/mol. The molecule has 0 fully saturated rings. The van der Waals surface area contributed by atoms with Crippen molar-refractivity contribution < 1.29 is 18.0 Å². The molecule has 0 radical (unpaired) electrons. The Morgan fingerprint density at radius 1 is 0.923 bits per heavy atom. The Morgan fingerprint density at radius 3 is 2.46 bits per heavy atom. The molecule has 0 atom stereocenters. The number of pyridine rings is 1. The summed E-state index contributed by atoms with van der Waals surface area (Å²) in [5.74, 6) is -4.95. The van der Waals surface area contributed by atoms with E-state index >= 15 is 0 Å². The molecule has 2 N–H and O–H groups in total. The molecule has 26 heavy (non-hydrogen) atoms. The van der Waals surface area contributed by atoms with Gasteiger partial charge in [0.1, 0.15) is 5.03 Å². The number of carbonyl (C=O) groups excluding carboxylic acids is 1. The van der Waals surface area contributed by atoms with Crippen LogP contribution in [0.15, 0.2) is 70.7 Å². The number of hydrogen-bond donors (Lipinski definition) is 2. The van der Waals surface area contributed by atoms with Crippen LogP contribution in [0.25, 0.3) is 0 Å². The second-order valence-electron chi connectivity index (χ2n) is 5.07. The fraction of sp³-hybridized carbons (Fsp3) is 0. The molecule has 3 rings (SSSR count). The summed E-state index contributed by atoms with van der Waals surface area (Å²) in [6.07, 6.45) is 1.55. The molecule has 1 aromatic heterocycles. The lowest BCUT2D eigenvalue weighted by Gasteiger charge is -2.12. The van der Waals surface area contributed by atoms with Gasteiger partial charge in [0.25, 0.3) is 5.91 Å². The standard InChI is InChI=1S/C18H12F3N3OS/c19-13-8-9-14(16(21)15(13)20)23-24-17(25)12-7-4-10-22-18(12)26-11-5-2-1-3-6-11/h1-10,23H,(H,24,25). The number of rotatable bonds is 5. The first kappa shape index (κ1) is 17.8. The van der Waals surface area contributed by atoms with E-state index in [-0.39, 0.29) is 5.56 Å². The highest BCUT2D eigenvalue weighted by Gasteiger charge is 2.16. The van der Waals surface area contributed by atoms with Crippen LogP contribution in [0.4, 0.5) is 18.9 Å². The van der Waals surface area contributed by atoms with Gasteiger partial charge >= 0.3 is 0 Å². The maximum atomic E-state index is 13.6. The summed E-state index contributed by atoms with van der Waals surface area (Å²) in [5, 5.41) is 0.448. The minimum atomic E-state index is -1.62. The van der Waals surface area contributed by atoms with Crippen molar-refractivity contribution >= 4 is 23.4 Å². The number of amides is 1. The zero-order chi connectivity index (χ0) is 18.5. The highest BCUT2D eigenvalue weighted by Crippen LogP contribution is 2.28. The van der Waals surface area contributed by atoms with Gasteiger partial charge in [-0.3, -0.25) is 15.6 Å². The molecule has 4 nitrogen and oxygen atoms in total. The van der Waals surface area contributed by atoms with Gasteiger partial charge in [-0.15, -0.1) is 0 Å². The lowest BCUT2D eigenvalue weighted by molar-refractivity contribution is 0.0959. The number of carbonyl (C=O) groups is 1. The van der Waals surface area contributed by atoms with E-state index in [4.69, 9.17) is 0 Å². The molecule has 132 valence electrons. The molecule has 0 aliphatic carbocycles. The average Bonchev–Trinajstić information content (AvgIpc) is 2.66. The first-order chi connectivity index (χ1) is 12.6. The fourth-order valence-corrected chi connectivity index (χ4v) is 2.96. The van der Waals surface area contributed by atoms with Crippen molar-refractivity contribution in [3.05, 3.63) is 83.8 Å². The van der Waals surface area contributed by atoms with Crippen LogP contribution in [-0.4, -0.2) is 10.9 Å². The molecule has 0 unspecified atom stereocenters. The van der Waals surface area contributed by atoms with Gasteiger partial charge in [-0.1, -0.05) is 30.0 Å². The van der Waals surface area contributed by atoms with Crippen LogP contribution in [0.2, 0.25) is 0 Å². The van der Waals surface area contributed by atoms with E-state index in [0.717, 1.165) is 17.0 Å². The van der Waals surface area contributed by atoms with Gasteiger partial charge in [0, 0.05) is 11.1 Å². The number of hydrogen-bond acceptors (Lipinski definition) is 4. The van der Waals surface area contributed by atoms with E-state index < -0.39 is 29.0 Å². The second-order valence-corrected chi connectivity index (χ2v) is 6.14. The second kappa shape index (κ2) is 7.92. The molecule has 0 spiro atoms. The van der Waals surface area contributed by atoms with Crippen LogP contribution in [0.1, 0.15) is 10.4 Å². The van der Waals surface area contributed by atoms with Crippen molar-refractivity contribution in [2.45, 2.75) is 9.92 Å². The molecule has 0 aliphatic rings. The maximum Gasteiger partial charge on any atom is 0.272 e. The Bertz CT molecular complexity index is 938. The van der Waals surface area contributed by atoms with Crippen LogP contribution in [0.3, 0.4) is 0 Å². The Kier molecular flexibility index (Phi) is 5.43. The molecule has 1 heterocycles. The Balaban J connectivity index is 1.75. The lowest BCUT2D eigenvalue weighted by Crippen LogP contribution is -2.30. The number of benzene rings is 2. The minimum absolute atomic E-state index is 0.247. The van der Waals surface area contributed by atoms with Crippen LogP contribution in [0, 0.1) is 17.5 Å². The van der Waals surface area contributed by atoms with Gasteiger partial charge in [-0.05, 0) is 36.4 Å². The highest BCUT2D eigenvalue weighted by atomic mass is 32.2. The van der Waals surface area contributed by atoms with Gasteiger partial charge in [-0.25, -0.2) is 18.2 Å². The minimum Gasteiger partial charge on any atom is -0.295 e. The van der Waals surface area contributed by atoms with Crippen molar-refractivity contribution in [3.63, 3.8) is 0 Å². The summed E-state index contributed by atoms with van der Waals surface area (Å²) in [6, 6.07) is 14.2. The molecule has 2 aromatic carbocycles. The van der Waals surface area contributed by atoms with Crippen molar-refractivity contribution in [1.82, 2.24) is 10.4 Å². The maximum absolute atomic E-state index is 13.6. The summed E-state index contributed by atoms with van der Waals surface area (Å²) >= 11 is 1.29. The quantitative estimate of drug-likeness (QED) is 0.512. The molecule has 0 saturated carbocycles. The summed E-state index contributed by atoms with van der Waals surface area (Å²) in [6.45, 7) is 0. The number of anilines is 1. The van der Waals surface area contributed by atoms with Crippen LogP contribution in [-0.2, 0) is 0 Å². The molecule has 0 aliphatic heterocycles. The summed E-state index contributed by atoms with van der Waals surface area (Å²) in [5.41, 5.74) is 4.37. The number of nitrogens with zero attached hydrogens (tertiary/aromatic N) is 1. The SMILES string of the molecule is O=C(NNc1ccc(F)c(F)c1F)c1cccnc1Sc1ccccc1. The Hall–Kier alpha value is -3.00. The highest BCUT2D eigenvalue weighted by molar-refractivity contribution is 7.99. The van der Waals surface area contributed by atoms with Crippen molar-refractivity contribution in [2.24, 2.45) is 0 Å². The third kappa shape index (κ3) is 3.97. The smallest absolute Gasteiger partial charge is 0.272 e. The lowest BCUT2D eigenvalue weighted by atomic mass is 10.2. The van der Waals surface area contributed by atoms with Gasteiger partial charge in [0.15, 0.2) is 17.5 Å². The third-order valence-corrected chi connectivity index (χ3v) is 4.35. The van der Waals surface area contributed by atoms with E-state index in [1.807, 2.05) is 30.3 Å². The van der Waals surface area contributed by atoms with E-state index in [1.165, 1.54) is 11.8 Å². The third-order valence-electron chi connectivity index (χ3n) is 3.32. The molecule has 0 bridgehead atoms. The van der Waals surface area contributed by atoms with Crippen molar-refractivity contribution in [1.29, 1.82) is 0 Å². The topological polar surface area (TPSA) is 54.0 Å². The van der Waals surface area contributed by atoms with Crippen LogP contribution < -0.4 is 10.9 Å². The van der Waals surface area contributed by atoms with Gasteiger partial charge in [-0.2, -0.15) is 0 Å². The first-order valence-corrected chi connectivity index (χ1v) is 8.25. The summed E-state index contributed by atoms with van der Waals surface area (Å²) in [7, 11) is 0. The fourth-order valence-electron chi connectivity index (χ4n) is 2.06. The normalized spacial score (nSPS) is 10.4. The Morgan fingerprint density at radius 2 is 1.69 bits per heavy atom.